The van der Waals surface area contributed by atoms with Gasteiger partial charge in [-0.25, -0.2) is 14.7 Å². The van der Waals surface area contributed by atoms with Gasteiger partial charge in [-0.1, -0.05) is 60.7 Å². The van der Waals surface area contributed by atoms with Crippen molar-refractivity contribution in [1.82, 2.24) is 19.4 Å². The molecule has 8 heteroatoms. The van der Waals surface area contributed by atoms with E-state index >= 15 is 0 Å². The van der Waals surface area contributed by atoms with Gasteiger partial charge < -0.3 is 14.2 Å². The van der Waals surface area contributed by atoms with Crippen molar-refractivity contribution in [2.24, 2.45) is 0 Å². The maximum Gasteiger partial charge on any atom is 0.417 e. The van der Waals surface area contributed by atoms with E-state index in [1.54, 1.807) is 6.33 Å². The Morgan fingerprint density at radius 3 is 2.25 bits per heavy atom. The van der Waals surface area contributed by atoms with Gasteiger partial charge >= 0.3 is 6.09 Å². The number of carbonyl (C=O) groups excluding carboxylic acids is 3. The third kappa shape index (κ3) is 4.69. The number of amides is 3. The van der Waals surface area contributed by atoms with Crippen LogP contribution in [0.3, 0.4) is 0 Å². The lowest BCUT2D eigenvalue weighted by atomic mass is 10.0. The first kappa shape index (κ1) is 21.3. The van der Waals surface area contributed by atoms with Crippen LogP contribution in [0.4, 0.5) is 4.79 Å². The maximum absolute atomic E-state index is 13.3. The number of aromatic nitrogens is 2. The van der Waals surface area contributed by atoms with Gasteiger partial charge in [-0.15, -0.1) is 0 Å². The SMILES string of the molecule is COC(=O)N1C(=O)CN(Cc2ccccc2)C(=O)[C@@H]1Cc1cn(Cc2ccccc2)cn1. The maximum atomic E-state index is 13.3. The van der Waals surface area contributed by atoms with Crippen molar-refractivity contribution in [3.05, 3.63) is 90.0 Å². The third-order valence-electron chi connectivity index (χ3n) is 5.39. The molecule has 0 N–H and O–H groups in total. The number of ether oxygens (including phenoxy) is 1. The molecule has 1 aliphatic heterocycles. The summed E-state index contributed by atoms with van der Waals surface area (Å²) in [5.41, 5.74) is 2.64. The van der Waals surface area contributed by atoms with Crippen molar-refractivity contribution >= 4 is 17.9 Å². The quantitative estimate of drug-likeness (QED) is 0.598. The Kier molecular flexibility index (Phi) is 6.30. The van der Waals surface area contributed by atoms with Crippen LogP contribution in [-0.4, -0.2) is 57.0 Å². The van der Waals surface area contributed by atoms with Gasteiger partial charge in [0.15, 0.2) is 0 Å². The van der Waals surface area contributed by atoms with Crippen LogP contribution in [0, 0.1) is 0 Å². The second-order valence-electron chi connectivity index (χ2n) is 7.66. The van der Waals surface area contributed by atoms with Crippen molar-refractivity contribution < 1.29 is 19.1 Å². The fraction of sp³-hybridized carbons (Fsp3) is 0.250. The topological polar surface area (TPSA) is 84.7 Å². The van der Waals surface area contributed by atoms with Crippen LogP contribution in [0.1, 0.15) is 16.8 Å². The van der Waals surface area contributed by atoms with Crippen molar-refractivity contribution in [3.8, 4) is 0 Å². The molecule has 32 heavy (non-hydrogen) atoms. The molecule has 2 aromatic carbocycles. The Labute approximate surface area is 186 Å². The highest BCUT2D eigenvalue weighted by molar-refractivity contribution is 6.03. The molecular weight excluding hydrogens is 408 g/mol. The predicted octanol–water partition coefficient (Wildman–Crippen LogP) is 2.48. The molecule has 0 spiro atoms. The summed E-state index contributed by atoms with van der Waals surface area (Å²) < 4.78 is 6.69. The number of piperazine rings is 1. The van der Waals surface area contributed by atoms with Gasteiger partial charge in [0, 0.05) is 25.7 Å². The van der Waals surface area contributed by atoms with Crippen molar-refractivity contribution in [2.75, 3.05) is 13.7 Å². The zero-order chi connectivity index (χ0) is 22.5. The molecule has 1 saturated heterocycles. The fourth-order valence-electron chi connectivity index (χ4n) is 3.85. The normalized spacial score (nSPS) is 16.3. The van der Waals surface area contributed by atoms with Crippen LogP contribution in [-0.2, 0) is 33.8 Å². The number of nitrogens with zero attached hydrogens (tertiary/aromatic N) is 4. The second kappa shape index (κ2) is 9.47. The molecule has 8 nitrogen and oxygen atoms in total. The monoisotopic (exact) mass is 432 g/mol. The molecule has 1 aromatic heterocycles. The van der Waals surface area contributed by atoms with Gasteiger partial charge in [0.05, 0.1) is 19.1 Å². The van der Waals surface area contributed by atoms with Crippen LogP contribution in [0.5, 0.6) is 0 Å². The van der Waals surface area contributed by atoms with E-state index in [0.29, 0.717) is 18.8 Å². The number of imide groups is 1. The first-order valence-electron chi connectivity index (χ1n) is 10.3. The van der Waals surface area contributed by atoms with Gasteiger partial charge in [0.2, 0.25) is 5.91 Å². The molecule has 3 aromatic rings. The molecule has 0 aliphatic carbocycles. The van der Waals surface area contributed by atoms with E-state index in [2.05, 4.69) is 4.98 Å². The van der Waals surface area contributed by atoms with Crippen molar-refractivity contribution in [2.45, 2.75) is 25.6 Å². The molecule has 3 amide bonds. The molecule has 4 rings (SSSR count). The van der Waals surface area contributed by atoms with Gasteiger partial charge in [0.1, 0.15) is 12.6 Å². The Bertz CT molecular complexity index is 1100. The standard InChI is InChI=1S/C24H24N4O4/c1-32-24(31)28-21(12-20-15-26(17-25-20)13-18-8-4-2-5-9-18)23(30)27(16-22(28)29)14-19-10-6-3-7-11-19/h2-11,15,17,21H,12-14,16H2,1H3/t21-/m0/s1. The lowest BCUT2D eigenvalue weighted by molar-refractivity contribution is -0.154. The summed E-state index contributed by atoms with van der Waals surface area (Å²) in [4.78, 5) is 45.2. The summed E-state index contributed by atoms with van der Waals surface area (Å²) in [6.07, 6.45) is 2.79. The molecule has 164 valence electrons. The second-order valence-corrected chi connectivity index (χ2v) is 7.66. The van der Waals surface area contributed by atoms with Gasteiger partial charge in [-0.05, 0) is 11.1 Å². The van der Waals surface area contributed by atoms with Crippen LogP contribution in [0.25, 0.3) is 0 Å². The number of benzene rings is 2. The number of carbonyl (C=O) groups is 3. The number of imidazole rings is 1. The molecule has 0 unspecified atom stereocenters. The number of hydrogen-bond donors (Lipinski definition) is 0. The minimum atomic E-state index is -1.01. The molecular formula is C24H24N4O4. The first-order valence-corrected chi connectivity index (χ1v) is 10.3. The summed E-state index contributed by atoms with van der Waals surface area (Å²) in [6.45, 7) is 0.743. The molecule has 0 bridgehead atoms. The third-order valence-corrected chi connectivity index (χ3v) is 5.39. The summed E-state index contributed by atoms with van der Waals surface area (Å²) in [5, 5.41) is 0. The van der Waals surface area contributed by atoms with Crippen LogP contribution in [0.15, 0.2) is 73.2 Å². The minimum Gasteiger partial charge on any atom is -0.452 e. The van der Waals surface area contributed by atoms with Crippen molar-refractivity contribution in [3.63, 3.8) is 0 Å². The lowest BCUT2D eigenvalue weighted by Crippen LogP contribution is -2.62. The van der Waals surface area contributed by atoms with Crippen LogP contribution < -0.4 is 0 Å². The zero-order valence-corrected chi connectivity index (χ0v) is 17.8. The van der Waals surface area contributed by atoms with Gasteiger partial charge in [-0.3, -0.25) is 9.59 Å². The zero-order valence-electron chi connectivity index (χ0n) is 17.8. The predicted molar refractivity (Wildman–Crippen MR) is 116 cm³/mol. The minimum absolute atomic E-state index is 0.118. The highest BCUT2D eigenvalue weighted by atomic mass is 16.5. The average molecular weight is 432 g/mol. The van der Waals surface area contributed by atoms with E-state index < -0.39 is 18.0 Å². The van der Waals surface area contributed by atoms with E-state index in [9.17, 15) is 14.4 Å². The van der Waals surface area contributed by atoms with Gasteiger partial charge in [-0.2, -0.15) is 0 Å². The highest BCUT2D eigenvalue weighted by Crippen LogP contribution is 2.20. The average Bonchev–Trinajstić information content (AvgIpc) is 3.25. The van der Waals surface area contributed by atoms with Gasteiger partial charge in [0.25, 0.3) is 5.91 Å². The Balaban J connectivity index is 1.54. The molecule has 0 radical (unpaired) electrons. The Hall–Kier alpha value is -3.94. The summed E-state index contributed by atoms with van der Waals surface area (Å²) in [5.74, 6) is -0.780. The molecule has 1 aliphatic rings. The Morgan fingerprint density at radius 1 is 1.00 bits per heavy atom. The summed E-state index contributed by atoms with van der Waals surface area (Å²) in [6, 6.07) is 18.4. The van der Waals surface area contributed by atoms with E-state index in [1.165, 1.54) is 12.0 Å². The number of rotatable bonds is 6. The largest absolute Gasteiger partial charge is 0.452 e. The smallest absolute Gasteiger partial charge is 0.417 e. The van der Waals surface area contributed by atoms with E-state index in [1.807, 2.05) is 71.4 Å². The fourth-order valence-corrected chi connectivity index (χ4v) is 3.85. The summed E-state index contributed by atoms with van der Waals surface area (Å²) >= 11 is 0. The number of hydrogen-bond acceptors (Lipinski definition) is 5. The summed E-state index contributed by atoms with van der Waals surface area (Å²) in [7, 11) is 1.20. The Morgan fingerprint density at radius 2 is 1.62 bits per heavy atom. The molecule has 1 fully saturated rings. The van der Waals surface area contributed by atoms with Crippen molar-refractivity contribution in [1.29, 1.82) is 0 Å². The molecule has 2 heterocycles. The number of methoxy groups -OCH3 is 1. The highest BCUT2D eigenvalue weighted by Gasteiger charge is 2.43. The molecule has 0 saturated carbocycles. The molecule has 1 atom stereocenters. The lowest BCUT2D eigenvalue weighted by Gasteiger charge is -2.38. The van der Waals surface area contributed by atoms with E-state index in [0.717, 1.165) is 16.0 Å². The first-order chi connectivity index (χ1) is 15.5. The van der Waals surface area contributed by atoms with E-state index in [-0.39, 0.29) is 18.9 Å². The van der Waals surface area contributed by atoms with Crippen LogP contribution in [0.2, 0.25) is 0 Å². The van der Waals surface area contributed by atoms with Crippen LogP contribution >= 0.6 is 0 Å². The van der Waals surface area contributed by atoms with E-state index in [4.69, 9.17) is 4.74 Å².